The number of nitrogens with one attached hydrogen (secondary N) is 2. The van der Waals surface area contributed by atoms with E-state index in [1.165, 1.54) is 25.2 Å². The molecular formula is C20H24F3N5O3. The normalized spacial score (nSPS) is 12.5. The molecule has 1 heterocycles. The van der Waals surface area contributed by atoms with Gasteiger partial charge < -0.3 is 10.6 Å². The predicted molar refractivity (Wildman–Crippen MR) is 110 cm³/mol. The lowest BCUT2D eigenvalue weighted by Gasteiger charge is -2.18. The summed E-state index contributed by atoms with van der Waals surface area (Å²) in [4.78, 5) is 28.5. The van der Waals surface area contributed by atoms with Crippen molar-refractivity contribution in [3.63, 3.8) is 0 Å². The van der Waals surface area contributed by atoms with Crippen LogP contribution in [-0.2, 0) is 0 Å². The molecule has 0 aliphatic heterocycles. The van der Waals surface area contributed by atoms with Gasteiger partial charge in [-0.05, 0) is 51.2 Å². The smallest absolute Gasteiger partial charge is 0.371 e. The monoisotopic (exact) mass is 439 g/mol. The molecule has 0 aliphatic rings. The number of carbonyl (C=O) groups excluding carboxylic acids is 1. The highest BCUT2D eigenvalue weighted by molar-refractivity contribution is 5.95. The Morgan fingerprint density at radius 2 is 2.03 bits per heavy atom. The third-order valence-corrected chi connectivity index (χ3v) is 4.41. The number of pyridine rings is 1. The summed E-state index contributed by atoms with van der Waals surface area (Å²) in [6, 6.07) is 9.13. The van der Waals surface area contributed by atoms with Gasteiger partial charge in [0.15, 0.2) is 0 Å². The van der Waals surface area contributed by atoms with E-state index in [1.54, 1.807) is 18.3 Å². The molecule has 2 aromatic rings. The van der Waals surface area contributed by atoms with Crippen LogP contribution in [0.4, 0.5) is 24.5 Å². The van der Waals surface area contributed by atoms with Crippen molar-refractivity contribution < 1.29 is 22.9 Å². The number of halogens is 3. The second-order valence-electron chi connectivity index (χ2n) is 7.07. The molecule has 8 nitrogen and oxygen atoms in total. The molecule has 31 heavy (non-hydrogen) atoms. The molecular weight excluding hydrogens is 415 g/mol. The topological polar surface area (TPSA) is 100 Å². The molecule has 0 aliphatic carbocycles. The molecule has 0 saturated carbocycles. The third-order valence-electron chi connectivity index (χ3n) is 4.41. The fraction of sp³-hybridized carbons (Fsp3) is 0.400. The van der Waals surface area contributed by atoms with Crippen LogP contribution >= 0.6 is 0 Å². The Bertz CT molecular complexity index is 893. The summed E-state index contributed by atoms with van der Waals surface area (Å²) in [5.74, 6) is -0.536. The van der Waals surface area contributed by atoms with Gasteiger partial charge in [-0.25, -0.2) is 0 Å². The maximum atomic E-state index is 12.3. The molecule has 1 aromatic carbocycles. The van der Waals surface area contributed by atoms with Gasteiger partial charge >= 0.3 is 6.18 Å². The third kappa shape index (κ3) is 7.85. The molecule has 2 N–H and O–H groups in total. The summed E-state index contributed by atoms with van der Waals surface area (Å²) in [5.41, 5.74) is 0.773. The number of alkyl halides is 3. The molecule has 11 heteroatoms. The largest absolute Gasteiger partial charge is 0.401 e. The molecule has 1 atom stereocenters. The maximum Gasteiger partial charge on any atom is 0.401 e. The highest BCUT2D eigenvalue weighted by Gasteiger charge is 2.28. The van der Waals surface area contributed by atoms with Crippen molar-refractivity contribution >= 4 is 17.3 Å². The minimum Gasteiger partial charge on any atom is -0.371 e. The Kier molecular flexibility index (Phi) is 8.31. The minimum absolute atomic E-state index is 0.0892. The number of nitro groups is 1. The van der Waals surface area contributed by atoms with E-state index in [0.29, 0.717) is 12.1 Å². The summed E-state index contributed by atoms with van der Waals surface area (Å²) in [5, 5.41) is 17.1. The lowest BCUT2D eigenvalue weighted by molar-refractivity contribution is -0.384. The van der Waals surface area contributed by atoms with E-state index in [4.69, 9.17) is 0 Å². The fourth-order valence-corrected chi connectivity index (χ4v) is 2.92. The SMILES string of the molecule is CC(Nc1ccc(C(=O)NCCCN(C)CC(F)(F)F)cc1[N+](=O)[O-])c1ccccn1. The molecule has 0 saturated heterocycles. The molecule has 0 fully saturated rings. The highest BCUT2D eigenvalue weighted by atomic mass is 19.4. The number of benzene rings is 1. The van der Waals surface area contributed by atoms with Crippen LogP contribution in [0.3, 0.4) is 0 Å². The van der Waals surface area contributed by atoms with Crippen molar-refractivity contribution in [1.29, 1.82) is 0 Å². The number of hydrogen-bond donors (Lipinski definition) is 2. The van der Waals surface area contributed by atoms with Gasteiger partial charge in [0.1, 0.15) is 5.69 Å². The second kappa shape index (κ2) is 10.7. The van der Waals surface area contributed by atoms with Crippen molar-refractivity contribution in [2.45, 2.75) is 25.6 Å². The van der Waals surface area contributed by atoms with Gasteiger partial charge in [0.05, 0.1) is 23.2 Å². The Balaban J connectivity index is 1.97. The number of anilines is 1. The van der Waals surface area contributed by atoms with E-state index in [9.17, 15) is 28.1 Å². The van der Waals surface area contributed by atoms with Crippen molar-refractivity contribution in [3.05, 3.63) is 64.0 Å². The fourth-order valence-electron chi connectivity index (χ4n) is 2.92. The van der Waals surface area contributed by atoms with Gasteiger partial charge in [-0.15, -0.1) is 0 Å². The highest BCUT2D eigenvalue weighted by Crippen LogP contribution is 2.29. The number of aromatic nitrogens is 1. The average molecular weight is 439 g/mol. The zero-order chi connectivity index (χ0) is 23.0. The van der Waals surface area contributed by atoms with Gasteiger partial charge in [0.25, 0.3) is 11.6 Å². The first-order chi connectivity index (χ1) is 14.6. The van der Waals surface area contributed by atoms with Crippen LogP contribution in [0.25, 0.3) is 0 Å². The first kappa shape index (κ1) is 24.1. The minimum atomic E-state index is -4.28. The van der Waals surface area contributed by atoms with Gasteiger partial charge in [0.2, 0.25) is 0 Å². The number of nitro benzene ring substituents is 1. The standard InChI is InChI=1S/C20H24F3N5O3/c1-14(16-6-3-4-9-24-16)26-17-8-7-15(12-18(17)28(30)31)19(29)25-10-5-11-27(2)13-20(21,22)23/h3-4,6-9,12,14,26H,5,10-11,13H2,1-2H3,(H,25,29). The van der Waals surface area contributed by atoms with Crippen molar-refractivity contribution in [2.24, 2.45) is 0 Å². The number of carbonyl (C=O) groups is 1. The van der Waals surface area contributed by atoms with E-state index in [-0.39, 0.29) is 36.1 Å². The van der Waals surface area contributed by atoms with Crippen LogP contribution in [0.15, 0.2) is 42.6 Å². The van der Waals surface area contributed by atoms with E-state index in [1.807, 2.05) is 13.0 Å². The lowest BCUT2D eigenvalue weighted by Crippen LogP contribution is -2.33. The molecule has 168 valence electrons. The Labute approximate surface area is 177 Å². The molecule has 1 amide bonds. The Morgan fingerprint density at radius 3 is 2.65 bits per heavy atom. The summed E-state index contributed by atoms with van der Waals surface area (Å²) in [6.45, 7) is 1.07. The van der Waals surface area contributed by atoms with Crippen molar-refractivity contribution in [2.75, 3.05) is 32.0 Å². The van der Waals surface area contributed by atoms with Crippen LogP contribution in [0.5, 0.6) is 0 Å². The van der Waals surface area contributed by atoms with Crippen LogP contribution in [0, 0.1) is 10.1 Å². The summed E-state index contributed by atoms with van der Waals surface area (Å²) in [7, 11) is 1.34. The number of nitrogens with zero attached hydrogens (tertiary/aromatic N) is 3. The summed E-state index contributed by atoms with van der Waals surface area (Å²) >= 11 is 0. The number of rotatable bonds is 10. The average Bonchev–Trinajstić information content (AvgIpc) is 2.70. The molecule has 1 unspecified atom stereocenters. The maximum absolute atomic E-state index is 12.3. The van der Waals surface area contributed by atoms with E-state index in [0.717, 1.165) is 4.90 Å². The predicted octanol–water partition coefficient (Wildman–Crippen LogP) is 3.78. The van der Waals surface area contributed by atoms with Crippen molar-refractivity contribution in [1.82, 2.24) is 15.2 Å². The van der Waals surface area contributed by atoms with Crippen molar-refractivity contribution in [3.8, 4) is 0 Å². The molecule has 0 radical (unpaired) electrons. The summed E-state index contributed by atoms with van der Waals surface area (Å²) < 4.78 is 36.9. The molecule has 2 rings (SSSR count). The van der Waals surface area contributed by atoms with Gasteiger partial charge in [-0.2, -0.15) is 13.2 Å². The van der Waals surface area contributed by atoms with E-state index >= 15 is 0 Å². The Morgan fingerprint density at radius 1 is 1.29 bits per heavy atom. The first-order valence-electron chi connectivity index (χ1n) is 9.56. The summed E-state index contributed by atoms with van der Waals surface area (Å²) in [6.07, 6.45) is -2.35. The zero-order valence-corrected chi connectivity index (χ0v) is 17.1. The van der Waals surface area contributed by atoms with Gasteiger partial charge in [0, 0.05) is 24.4 Å². The van der Waals surface area contributed by atoms with Crippen LogP contribution in [0.1, 0.15) is 35.4 Å². The zero-order valence-electron chi connectivity index (χ0n) is 17.1. The first-order valence-corrected chi connectivity index (χ1v) is 9.56. The second-order valence-corrected chi connectivity index (χ2v) is 7.07. The Hall–Kier alpha value is -3.21. The van der Waals surface area contributed by atoms with E-state index < -0.39 is 23.6 Å². The van der Waals surface area contributed by atoms with E-state index in [2.05, 4.69) is 15.6 Å². The van der Waals surface area contributed by atoms with Crippen LogP contribution in [0.2, 0.25) is 0 Å². The van der Waals surface area contributed by atoms with Gasteiger partial charge in [-0.3, -0.25) is 24.8 Å². The van der Waals surface area contributed by atoms with Gasteiger partial charge in [-0.1, -0.05) is 6.07 Å². The molecule has 1 aromatic heterocycles. The lowest BCUT2D eigenvalue weighted by atomic mass is 10.1. The van der Waals surface area contributed by atoms with Crippen LogP contribution < -0.4 is 10.6 Å². The molecule has 0 bridgehead atoms. The quantitative estimate of drug-likeness (QED) is 0.332. The number of hydrogen-bond acceptors (Lipinski definition) is 6. The molecule has 0 spiro atoms. The van der Waals surface area contributed by atoms with Crippen LogP contribution in [-0.4, -0.2) is 53.6 Å². The number of amides is 1.